The zero-order valence-electron chi connectivity index (χ0n) is 14.7. The van der Waals surface area contributed by atoms with Gasteiger partial charge in [0.25, 0.3) is 0 Å². The van der Waals surface area contributed by atoms with E-state index in [0.29, 0.717) is 12.5 Å². The number of Topliss-reactive ketones (excluding diaryl/α,β-unsaturated/α-hetero) is 1. The largest absolute Gasteiger partial charge is 0.383 e. The number of nitrogens with one attached hydrogen (secondary N) is 1. The lowest BCUT2D eigenvalue weighted by Gasteiger charge is -2.30. The van der Waals surface area contributed by atoms with Crippen LogP contribution >= 0.6 is 0 Å². The molecule has 0 spiro atoms. The lowest BCUT2D eigenvalue weighted by Crippen LogP contribution is -2.27. The standard InChI is InChI=1S/C20H26N2O/c1-13(2)21-15-6-8-16(9-7-15)22-14(3)10-17-18(22)11-20(4,5)12-19(17)23/h6-10,13,21H,11-12H2,1-5H3. The first kappa shape index (κ1) is 15.9. The second-order valence-corrected chi connectivity index (χ2v) is 7.77. The van der Waals surface area contributed by atoms with Crippen LogP contribution < -0.4 is 5.32 Å². The number of hydrogen-bond acceptors (Lipinski definition) is 2. The smallest absolute Gasteiger partial charge is 0.165 e. The summed E-state index contributed by atoms with van der Waals surface area (Å²) in [5.74, 6) is 0.274. The predicted molar refractivity (Wildman–Crippen MR) is 95.7 cm³/mol. The van der Waals surface area contributed by atoms with Crippen molar-refractivity contribution in [2.24, 2.45) is 5.41 Å². The fraction of sp³-hybridized carbons (Fsp3) is 0.450. The summed E-state index contributed by atoms with van der Waals surface area (Å²) < 4.78 is 2.24. The van der Waals surface area contributed by atoms with E-state index in [-0.39, 0.29) is 11.2 Å². The Bertz CT molecular complexity index is 736. The molecule has 0 saturated carbocycles. The van der Waals surface area contributed by atoms with Gasteiger partial charge in [0.1, 0.15) is 0 Å². The van der Waals surface area contributed by atoms with Gasteiger partial charge in [0.2, 0.25) is 0 Å². The Morgan fingerprint density at radius 1 is 1.13 bits per heavy atom. The third kappa shape index (κ3) is 3.05. The maximum absolute atomic E-state index is 12.5. The number of rotatable bonds is 3. The van der Waals surface area contributed by atoms with Crippen LogP contribution in [-0.2, 0) is 6.42 Å². The molecule has 0 fully saturated rings. The maximum atomic E-state index is 12.5. The Hall–Kier alpha value is -2.03. The summed E-state index contributed by atoms with van der Waals surface area (Å²) in [5, 5.41) is 3.41. The van der Waals surface area contributed by atoms with Gasteiger partial charge >= 0.3 is 0 Å². The highest BCUT2D eigenvalue weighted by atomic mass is 16.1. The van der Waals surface area contributed by atoms with E-state index in [1.807, 2.05) is 6.07 Å². The molecule has 1 N–H and O–H groups in total. The Kier molecular flexibility index (Phi) is 3.83. The molecule has 1 heterocycles. The molecule has 3 nitrogen and oxygen atoms in total. The molecular weight excluding hydrogens is 284 g/mol. The van der Waals surface area contributed by atoms with Gasteiger partial charge in [-0.2, -0.15) is 0 Å². The number of aryl methyl sites for hydroxylation is 1. The van der Waals surface area contributed by atoms with Crippen LogP contribution in [0.25, 0.3) is 5.69 Å². The second kappa shape index (κ2) is 5.55. The van der Waals surface area contributed by atoms with Gasteiger partial charge in [-0.1, -0.05) is 13.8 Å². The number of hydrogen-bond donors (Lipinski definition) is 1. The first-order valence-electron chi connectivity index (χ1n) is 8.38. The molecule has 0 bridgehead atoms. The van der Waals surface area contributed by atoms with Gasteiger partial charge in [-0.15, -0.1) is 0 Å². The molecule has 0 amide bonds. The number of anilines is 1. The fourth-order valence-corrected chi connectivity index (χ4v) is 3.55. The third-order valence-electron chi connectivity index (χ3n) is 4.45. The zero-order chi connectivity index (χ0) is 16.8. The molecule has 23 heavy (non-hydrogen) atoms. The Labute approximate surface area is 138 Å². The number of fused-ring (bicyclic) bond motifs is 1. The van der Waals surface area contributed by atoms with Crippen molar-refractivity contribution in [2.45, 2.75) is 53.5 Å². The molecule has 1 aliphatic carbocycles. The molecule has 1 aromatic heterocycles. The quantitative estimate of drug-likeness (QED) is 0.886. The van der Waals surface area contributed by atoms with Crippen LogP contribution in [0.2, 0.25) is 0 Å². The lowest BCUT2D eigenvalue weighted by atomic mass is 9.76. The van der Waals surface area contributed by atoms with Crippen LogP contribution in [0.15, 0.2) is 30.3 Å². The Balaban J connectivity index is 2.03. The molecule has 1 aromatic carbocycles. The average molecular weight is 310 g/mol. The molecule has 3 rings (SSSR count). The van der Waals surface area contributed by atoms with Gasteiger partial charge < -0.3 is 9.88 Å². The molecule has 122 valence electrons. The summed E-state index contributed by atoms with van der Waals surface area (Å²) in [7, 11) is 0. The van der Waals surface area contributed by atoms with Crippen molar-refractivity contribution in [1.29, 1.82) is 0 Å². The van der Waals surface area contributed by atoms with Crippen molar-refractivity contribution in [3.8, 4) is 5.69 Å². The van der Waals surface area contributed by atoms with Gasteiger partial charge in [0.15, 0.2) is 5.78 Å². The Morgan fingerprint density at radius 3 is 2.39 bits per heavy atom. The van der Waals surface area contributed by atoms with Gasteiger partial charge in [-0.3, -0.25) is 4.79 Å². The average Bonchev–Trinajstić information content (AvgIpc) is 2.74. The van der Waals surface area contributed by atoms with Gasteiger partial charge in [-0.05, 0) is 62.9 Å². The molecule has 1 aliphatic rings. The van der Waals surface area contributed by atoms with Crippen LogP contribution in [0.3, 0.4) is 0 Å². The maximum Gasteiger partial charge on any atom is 0.165 e. The van der Waals surface area contributed by atoms with E-state index in [9.17, 15) is 4.79 Å². The number of carbonyl (C=O) groups excluding carboxylic acids is 1. The van der Waals surface area contributed by atoms with Crippen molar-refractivity contribution in [3.63, 3.8) is 0 Å². The highest BCUT2D eigenvalue weighted by Crippen LogP contribution is 2.37. The van der Waals surface area contributed by atoms with E-state index in [2.05, 4.69) is 68.8 Å². The van der Waals surface area contributed by atoms with E-state index >= 15 is 0 Å². The van der Waals surface area contributed by atoms with Gasteiger partial charge in [0, 0.05) is 40.8 Å². The molecule has 0 saturated heterocycles. The molecule has 2 aromatic rings. The van der Waals surface area contributed by atoms with E-state index in [4.69, 9.17) is 0 Å². The molecule has 0 atom stereocenters. The fourth-order valence-electron chi connectivity index (χ4n) is 3.55. The van der Waals surface area contributed by atoms with Gasteiger partial charge in [0.05, 0.1) is 0 Å². The number of nitrogens with zero attached hydrogens (tertiary/aromatic N) is 1. The third-order valence-corrected chi connectivity index (χ3v) is 4.45. The first-order valence-corrected chi connectivity index (χ1v) is 8.38. The summed E-state index contributed by atoms with van der Waals surface area (Å²) in [4.78, 5) is 12.5. The van der Waals surface area contributed by atoms with Crippen molar-refractivity contribution in [1.82, 2.24) is 4.57 Å². The molecule has 0 aliphatic heterocycles. The minimum absolute atomic E-state index is 0.0335. The molecule has 3 heteroatoms. The normalized spacial score (nSPS) is 16.5. The summed E-state index contributed by atoms with van der Waals surface area (Å²) in [6.45, 7) is 10.7. The van der Waals surface area contributed by atoms with Crippen molar-refractivity contribution < 1.29 is 4.79 Å². The van der Waals surface area contributed by atoms with E-state index in [1.165, 1.54) is 0 Å². The molecule has 0 radical (unpaired) electrons. The summed E-state index contributed by atoms with van der Waals surface area (Å²) in [6.07, 6.45) is 1.58. The van der Waals surface area contributed by atoms with E-state index < -0.39 is 0 Å². The van der Waals surface area contributed by atoms with Crippen molar-refractivity contribution in [2.75, 3.05) is 5.32 Å². The minimum Gasteiger partial charge on any atom is -0.383 e. The molecular formula is C20H26N2O. The zero-order valence-corrected chi connectivity index (χ0v) is 14.7. The highest BCUT2D eigenvalue weighted by molar-refractivity contribution is 5.99. The summed E-state index contributed by atoms with van der Waals surface area (Å²) in [5.41, 5.74) is 5.48. The molecule has 0 unspecified atom stereocenters. The Morgan fingerprint density at radius 2 is 1.78 bits per heavy atom. The number of aromatic nitrogens is 1. The van der Waals surface area contributed by atoms with E-state index in [0.717, 1.165) is 34.7 Å². The number of ketones is 1. The van der Waals surface area contributed by atoms with Crippen LogP contribution in [0.1, 0.15) is 55.9 Å². The topological polar surface area (TPSA) is 34.0 Å². The highest BCUT2D eigenvalue weighted by Gasteiger charge is 2.34. The summed E-state index contributed by atoms with van der Waals surface area (Å²) >= 11 is 0. The minimum atomic E-state index is 0.0335. The summed E-state index contributed by atoms with van der Waals surface area (Å²) in [6, 6.07) is 10.9. The SMILES string of the molecule is Cc1cc2c(n1-c1ccc(NC(C)C)cc1)CC(C)(C)CC2=O. The van der Waals surface area contributed by atoms with Crippen LogP contribution in [0.5, 0.6) is 0 Å². The van der Waals surface area contributed by atoms with Crippen molar-refractivity contribution in [3.05, 3.63) is 47.3 Å². The van der Waals surface area contributed by atoms with Crippen LogP contribution in [0.4, 0.5) is 5.69 Å². The number of benzene rings is 1. The second-order valence-electron chi connectivity index (χ2n) is 7.77. The lowest BCUT2D eigenvalue weighted by molar-refractivity contribution is 0.0911. The number of carbonyl (C=O) groups is 1. The van der Waals surface area contributed by atoms with Crippen LogP contribution in [-0.4, -0.2) is 16.4 Å². The van der Waals surface area contributed by atoms with Crippen molar-refractivity contribution >= 4 is 11.5 Å². The van der Waals surface area contributed by atoms with E-state index in [1.54, 1.807) is 0 Å². The van der Waals surface area contributed by atoms with Crippen LogP contribution in [0, 0.1) is 12.3 Å². The predicted octanol–water partition coefficient (Wildman–Crippen LogP) is 4.76. The first-order chi connectivity index (χ1) is 10.8. The van der Waals surface area contributed by atoms with Gasteiger partial charge in [-0.25, -0.2) is 0 Å². The monoisotopic (exact) mass is 310 g/mol.